The van der Waals surface area contributed by atoms with E-state index in [4.69, 9.17) is 9.84 Å². The van der Waals surface area contributed by atoms with Gasteiger partial charge in [0.15, 0.2) is 5.16 Å². The van der Waals surface area contributed by atoms with Crippen molar-refractivity contribution in [2.75, 3.05) is 39.2 Å². The van der Waals surface area contributed by atoms with E-state index in [1.165, 1.54) is 34.5 Å². The Bertz CT molecular complexity index is 546. The second-order valence-electron chi connectivity index (χ2n) is 4.27. The molecule has 1 amide bonds. The summed E-state index contributed by atoms with van der Waals surface area (Å²) in [4.78, 5) is 30.2. The number of hydrogen-bond acceptors (Lipinski definition) is 6. The molecule has 0 spiro atoms. The minimum atomic E-state index is -0.416. The first-order chi connectivity index (χ1) is 9.69. The Kier molecular flexibility index (Phi) is 5.16. The van der Waals surface area contributed by atoms with Crippen LogP contribution >= 0.6 is 11.8 Å². The number of fused-ring (bicyclic) bond motifs is 1. The van der Waals surface area contributed by atoms with Crippen molar-refractivity contribution >= 4 is 17.7 Å². The minimum Gasteiger partial charge on any atom is -0.395 e. The van der Waals surface area contributed by atoms with Gasteiger partial charge in [0, 0.05) is 38.7 Å². The first-order valence-electron chi connectivity index (χ1n) is 6.30. The highest BCUT2D eigenvalue weighted by Crippen LogP contribution is 2.20. The zero-order valence-corrected chi connectivity index (χ0v) is 12.1. The van der Waals surface area contributed by atoms with Crippen LogP contribution in [0.2, 0.25) is 0 Å². The van der Waals surface area contributed by atoms with Gasteiger partial charge in [-0.05, 0) is 0 Å². The molecular formula is C12H17N3O4S. The van der Waals surface area contributed by atoms with E-state index in [1.807, 2.05) is 0 Å². The summed E-state index contributed by atoms with van der Waals surface area (Å²) in [5.74, 6) is 0.380. The van der Waals surface area contributed by atoms with Crippen LogP contribution in [-0.4, -0.2) is 64.6 Å². The largest absolute Gasteiger partial charge is 0.395 e. The SMILES string of the molecule is COCCN(CCO)C(=O)c1cnc2n(c1=O)CCS2. The van der Waals surface area contributed by atoms with E-state index in [-0.39, 0.29) is 24.3 Å². The average molecular weight is 299 g/mol. The van der Waals surface area contributed by atoms with Gasteiger partial charge in [0.2, 0.25) is 0 Å². The number of aliphatic hydroxyl groups is 1. The summed E-state index contributed by atoms with van der Waals surface area (Å²) in [5.41, 5.74) is -0.272. The molecule has 1 aliphatic heterocycles. The molecule has 8 heteroatoms. The van der Waals surface area contributed by atoms with Crippen LogP contribution in [-0.2, 0) is 11.3 Å². The second-order valence-corrected chi connectivity index (χ2v) is 5.33. The molecule has 0 saturated carbocycles. The molecular weight excluding hydrogens is 282 g/mol. The number of aromatic nitrogens is 2. The summed E-state index contributed by atoms with van der Waals surface area (Å²) in [7, 11) is 1.53. The number of ether oxygens (including phenoxy) is 1. The molecule has 2 rings (SSSR count). The van der Waals surface area contributed by atoms with Crippen LogP contribution in [0.3, 0.4) is 0 Å². The molecule has 0 unspecified atom stereocenters. The lowest BCUT2D eigenvalue weighted by atomic mass is 10.2. The summed E-state index contributed by atoms with van der Waals surface area (Å²) in [6.07, 6.45) is 1.33. The van der Waals surface area contributed by atoms with Gasteiger partial charge in [0.25, 0.3) is 11.5 Å². The van der Waals surface area contributed by atoms with Crippen molar-refractivity contribution in [1.82, 2.24) is 14.5 Å². The van der Waals surface area contributed by atoms with Gasteiger partial charge < -0.3 is 14.7 Å². The fourth-order valence-electron chi connectivity index (χ4n) is 1.97. The van der Waals surface area contributed by atoms with E-state index in [0.717, 1.165) is 5.75 Å². The molecule has 0 aromatic carbocycles. The van der Waals surface area contributed by atoms with Gasteiger partial charge in [-0.2, -0.15) is 0 Å². The number of amides is 1. The predicted octanol–water partition coefficient (Wildman–Crippen LogP) is -0.570. The summed E-state index contributed by atoms with van der Waals surface area (Å²) < 4.78 is 6.45. The van der Waals surface area contributed by atoms with E-state index in [9.17, 15) is 9.59 Å². The van der Waals surface area contributed by atoms with E-state index in [1.54, 1.807) is 0 Å². The van der Waals surface area contributed by atoms with Crippen molar-refractivity contribution in [1.29, 1.82) is 0 Å². The Labute approximate surface area is 120 Å². The number of hydrogen-bond donors (Lipinski definition) is 1. The number of carbonyl (C=O) groups excluding carboxylic acids is 1. The zero-order chi connectivity index (χ0) is 14.5. The molecule has 0 bridgehead atoms. The van der Waals surface area contributed by atoms with Crippen LogP contribution in [0.5, 0.6) is 0 Å². The topological polar surface area (TPSA) is 84.7 Å². The monoisotopic (exact) mass is 299 g/mol. The van der Waals surface area contributed by atoms with Crippen LogP contribution in [0.4, 0.5) is 0 Å². The number of aliphatic hydroxyl groups excluding tert-OH is 1. The summed E-state index contributed by atoms with van der Waals surface area (Å²) in [6, 6.07) is 0. The van der Waals surface area contributed by atoms with Crippen LogP contribution in [0.1, 0.15) is 10.4 Å². The third-order valence-electron chi connectivity index (χ3n) is 3.01. The Morgan fingerprint density at radius 2 is 2.40 bits per heavy atom. The number of rotatable bonds is 6. The molecule has 0 radical (unpaired) electrons. The minimum absolute atomic E-state index is 0.0424. The zero-order valence-electron chi connectivity index (χ0n) is 11.2. The van der Waals surface area contributed by atoms with E-state index < -0.39 is 5.91 Å². The van der Waals surface area contributed by atoms with Crippen molar-refractivity contribution in [2.24, 2.45) is 0 Å². The van der Waals surface area contributed by atoms with E-state index in [2.05, 4.69) is 4.98 Å². The average Bonchev–Trinajstić information content (AvgIpc) is 2.92. The Morgan fingerprint density at radius 3 is 3.10 bits per heavy atom. The molecule has 0 atom stereocenters. The number of methoxy groups -OCH3 is 1. The molecule has 1 aromatic heterocycles. The lowest BCUT2D eigenvalue weighted by Crippen LogP contribution is -2.40. The summed E-state index contributed by atoms with van der Waals surface area (Å²) in [5, 5.41) is 9.67. The fraction of sp³-hybridized carbons (Fsp3) is 0.583. The fourth-order valence-corrected chi connectivity index (χ4v) is 2.89. The highest BCUT2D eigenvalue weighted by atomic mass is 32.2. The normalized spacial score (nSPS) is 13.3. The van der Waals surface area contributed by atoms with Crippen LogP contribution in [0, 0.1) is 0 Å². The third kappa shape index (κ3) is 3.02. The van der Waals surface area contributed by atoms with Gasteiger partial charge in [0.05, 0.1) is 13.2 Å². The van der Waals surface area contributed by atoms with Gasteiger partial charge in [-0.25, -0.2) is 4.98 Å². The highest BCUT2D eigenvalue weighted by molar-refractivity contribution is 7.99. The van der Waals surface area contributed by atoms with Crippen LogP contribution in [0.15, 0.2) is 16.1 Å². The Hall–Kier alpha value is -1.38. The molecule has 0 aliphatic carbocycles. The van der Waals surface area contributed by atoms with Crippen molar-refractivity contribution in [3.63, 3.8) is 0 Å². The first kappa shape index (κ1) is 15.0. The van der Waals surface area contributed by atoms with Crippen molar-refractivity contribution in [3.05, 3.63) is 22.1 Å². The Balaban J connectivity index is 2.25. The van der Waals surface area contributed by atoms with E-state index in [0.29, 0.717) is 24.9 Å². The molecule has 20 heavy (non-hydrogen) atoms. The molecule has 110 valence electrons. The molecule has 0 saturated heterocycles. The maximum Gasteiger partial charge on any atom is 0.267 e. The predicted molar refractivity (Wildman–Crippen MR) is 74.1 cm³/mol. The highest BCUT2D eigenvalue weighted by Gasteiger charge is 2.23. The summed E-state index contributed by atoms with van der Waals surface area (Å²) in [6.45, 7) is 1.25. The number of thioether (sulfide) groups is 1. The molecule has 1 aliphatic rings. The standard InChI is InChI=1S/C12H17N3O4S/c1-19-6-3-14(2-5-16)10(17)9-8-13-12-15(11(9)18)4-7-20-12/h8,16H,2-7H2,1H3. The Morgan fingerprint density at radius 1 is 1.60 bits per heavy atom. The maximum atomic E-state index is 12.4. The quantitative estimate of drug-likeness (QED) is 0.708. The van der Waals surface area contributed by atoms with Crippen molar-refractivity contribution in [3.8, 4) is 0 Å². The van der Waals surface area contributed by atoms with Crippen molar-refractivity contribution in [2.45, 2.75) is 11.7 Å². The summed E-state index contributed by atoms with van der Waals surface area (Å²) >= 11 is 1.50. The number of carbonyl (C=O) groups is 1. The van der Waals surface area contributed by atoms with Gasteiger partial charge in [-0.15, -0.1) is 0 Å². The molecule has 1 aromatic rings. The number of nitrogens with zero attached hydrogens (tertiary/aromatic N) is 3. The smallest absolute Gasteiger partial charge is 0.267 e. The van der Waals surface area contributed by atoms with Gasteiger partial charge in [-0.3, -0.25) is 14.2 Å². The third-order valence-corrected chi connectivity index (χ3v) is 3.98. The molecule has 7 nitrogen and oxygen atoms in total. The molecule has 2 heterocycles. The van der Waals surface area contributed by atoms with Gasteiger partial charge in [-0.1, -0.05) is 11.8 Å². The molecule has 1 N–H and O–H groups in total. The first-order valence-corrected chi connectivity index (χ1v) is 7.29. The van der Waals surface area contributed by atoms with Crippen molar-refractivity contribution < 1.29 is 14.6 Å². The second kappa shape index (κ2) is 6.87. The van der Waals surface area contributed by atoms with Gasteiger partial charge in [0.1, 0.15) is 5.56 Å². The van der Waals surface area contributed by atoms with Crippen LogP contribution < -0.4 is 5.56 Å². The van der Waals surface area contributed by atoms with Gasteiger partial charge >= 0.3 is 0 Å². The molecule has 0 fully saturated rings. The van der Waals surface area contributed by atoms with Crippen LogP contribution in [0.25, 0.3) is 0 Å². The lowest BCUT2D eigenvalue weighted by molar-refractivity contribution is 0.0653. The maximum absolute atomic E-state index is 12.4. The lowest BCUT2D eigenvalue weighted by Gasteiger charge is -2.21. The van der Waals surface area contributed by atoms with E-state index >= 15 is 0 Å².